The molecule has 2 amide bonds. The summed E-state index contributed by atoms with van der Waals surface area (Å²) in [5.41, 5.74) is 5.57. The van der Waals surface area contributed by atoms with Crippen LogP contribution in [0.25, 0.3) is 0 Å². The van der Waals surface area contributed by atoms with Gasteiger partial charge in [0.05, 0.1) is 27.4 Å². The van der Waals surface area contributed by atoms with Crippen LogP contribution < -0.4 is 11.1 Å². The summed E-state index contributed by atoms with van der Waals surface area (Å²) >= 11 is 0. The van der Waals surface area contributed by atoms with E-state index in [1.807, 2.05) is 12.1 Å². The highest BCUT2D eigenvalue weighted by molar-refractivity contribution is 6.05. The predicted octanol–water partition coefficient (Wildman–Crippen LogP) is 2.45. The van der Waals surface area contributed by atoms with Gasteiger partial charge in [-0.25, -0.2) is 0 Å². The van der Waals surface area contributed by atoms with Crippen molar-refractivity contribution in [1.29, 1.82) is 0 Å². The molecule has 1 fully saturated rings. The Labute approximate surface area is 177 Å². The quantitative estimate of drug-likeness (QED) is 0.506. The van der Waals surface area contributed by atoms with Crippen molar-refractivity contribution in [2.24, 2.45) is 11.7 Å². The zero-order valence-corrected chi connectivity index (χ0v) is 16.5. The van der Waals surface area contributed by atoms with Crippen molar-refractivity contribution in [2.45, 2.75) is 19.4 Å². The summed E-state index contributed by atoms with van der Waals surface area (Å²) in [7, 11) is 0. The standard InChI is InChI=1S/C20H21N5O6/c21-19(26)14-2-1-7-23(12-14)11-13-3-5-16(6-4-13)22-20(27)15-8-17(24(28)29)10-18(9-15)25(30)31/h3-6,8-10,14H,1-2,7,11-12H2,(H2,21,26)(H,22,27). The Bertz CT molecular complexity index is 991. The summed E-state index contributed by atoms with van der Waals surface area (Å²) in [5.74, 6) is -1.13. The monoisotopic (exact) mass is 427 g/mol. The fourth-order valence-corrected chi connectivity index (χ4v) is 3.52. The van der Waals surface area contributed by atoms with Crippen LogP contribution in [-0.2, 0) is 11.3 Å². The number of likely N-dealkylation sites (tertiary alicyclic amines) is 1. The minimum Gasteiger partial charge on any atom is -0.369 e. The molecule has 0 radical (unpaired) electrons. The fraction of sp³-hybridized carbons (Fsp3) is 0.300. The van der Waals surface area contributed by atoms with Crippen molar-refractivity contribution in [3.63, 3.8) is 0 Å². The Morgan fingerprint density at radius 1 is 1.06 bits per heavy atom. The lowest BCUT2D eigenvalue weighted by Crippen LogP contribution is -2.40. The van der Waals surface area contributed by atoms with Gasteiger partial charge in [-0.2, -0.15) is 0 Å². The van der Waals surface area contributed by atoms with Gasteiger partial charge < -0.3 is 11.1 Å². The maximum atomic E-state index is 12.5. The Hall–Kier alpha value is -3.86. The van der Waals surface area contributed by atoms with Crippen LogP contribution >= 0.6 is 0 Å². The molecule has 1 saturated heterocycles. The second-order valence-corrected chi connectivity index (χ2v) is 7.38. The molecule has 2 aromatic rings. The predicted molar refractivity (Wildman–Crippen MR) is 111 cm³/mol. The average molecular weight is 427 g/mol. The van der Waals surface area contributed by atoms with Crippen LogP contribution in [0.3, 0.4) is 0 Å². The normalized spacial score (nSPS) is 16.5. The number of hydrogen-bond donors (Lipinski definition) is 2. The summed E-state index contributed by atoms with van der Waals surface area (Å²) in [6.07, 6.45) is 1.70. The third kappa shape index (κ3) is 5.60. The highest BCUT2D eigenvalue weighted by atomic mass is 16.6. The van der Waals surface area contributed by atoms with Crippen molar-refractivity contribution in [2.75, 3.05) is 18.4 Å². The molecule has 1 aliphatic rings. The van der Waals surface area contributed by atoms with Crippen molar-refractivity contribution in [3.05, 3.63) is 73.8 Å². The third-order valence-corrected chi connectivity index (χ3v) is 5.11. The highest BCUT2D eigenvalue weighted by Gasteiger charge is 2.24. The molecule has 11 nitrogen and oxygen atoms in total. The number of primary amides is 1. The fourth-order valence-electron chi connectivity index (χ4n) is 3.52. The second kappa shape index (κ2) is 9.30. The Kier molecular flexibility index (Phi) is 6.55. The number of benzene rings is 2. The van der Waals surface area contributed by atoms with Gasteiger partial charge in [0.2, 0.25) is 5.91 Å². The molecule has 0 spiro atoms. The molecule has 0 bridgehead atoms. The zero-order chi connectivity index (χ0) is 22.5. The van der Waals surface area contributed by atoms with Gasteiger partial charge in [-0.05, 0) is 37.1 Å². The van der Waals surface area contributed by atoms with Crippen LogP contribution in [0, 0.1) is 26.1 Å². The van der Waals surface area contributed by atoms with Crippen LogP contribution in [0.2, 0.25) is 0 Å². The summed E-state index contributed by atoms with van der Waals surface area (Å²) in [5, 5.41) is 24.6. The number of carbonyl (C=O) groups is 2. The number of nitrogens with zero attached hydrogens (tertiary/aromatic N) is 3. The molecule has 31 heavy (non-hydrogen) atoms. The minimum absolute atomic E-state index is 0.147. The SMILES string of the molecule is NC(=O)C1CCCN(Cc2ccc(NC(=O)c3cc([N+](=O)[O-])cc([N+](=O)[O-])c3)cc2)C1. The molecule has 3 N–H and O–H groups in total. The highest BCUT2D eigenvalue weighted by Crippen LogP contribution is 2.24. The molecular formula is C20H21N5O6. The van der Waals surface area contributed by atoms with Gasteiger partial charge in [-0.15, -0.1) is 0 Å². The van der Waals surface area contributed by atoms with E-state index in [0.29, 0.717) is 18.8 Å². The summed E-state index contributed by atoms with van der Waals surface area (Å²) < 4.78 is 0. The number of nitrogens with one attached hydrogen (secondary N) is 1. The first-order valence-electron chi connectivity index (χ1n) is 9.59. The molecule has 1 aliphatic heterocycles. The Morgan fingerprint density at radius 3 is 2.23 bits per heavy atom. The zero-order valence-electron chi connectivity index (χ0n) is 16.5. The number of anilines is 1. The summed E-state index contributed by atoms with van der Waals surface area (Å²) in [4.78, 5) is 46.4. The van der Waals surface area contributed by atoms with Crippen LogP contribution in [-0.4, -0.2) is 39.7 Å². The molecule has 2 aromatic carbocycles. The number of piperidine rings is 1. The average Bonchev–Trinajstić information content (AvgIpc) is 2.74. The number of rotatable bonds is 7. The first kappa shape index (κ1) is 21.8. The van der Waals surface area contributed by atoms with Crippen molar-refractivity contribution < 1.29 is 19.4 Å². The Morgan fingerprint density at radius 2 is 1.68 bits per heavy atom. The van der Waals surface area contributed by atoms with E-state index in [1.165, 1.54) is 0 Å². The Balaban J connectivity index is 1.67. The lowest BCUT2D eigenvalue weighted by atomic mass is 9.97. The number of nitro groups is 2. The number of carbonyl (C=O) groups excluding carboxylic acids is 2. The number of amides is 2. The topological polar surface area (TPSA) is 162 Å². The molecule has 1 heterocycles. The van der Waals surface area contributed by atoms with Gasteiger partial charge in [-0.1, -0.05) is 12.1 Å². The van der Waals surface area contributed by atoms with Crippen molar-refractivity contribution in [1.82, 2.24) is 4.90 Å². The second-order valence-electron chi connectivity index (χ2n) is 7.38. The molecule has 0 aromatic heterocycles. The molecule has 162 valence electrons. The van der Waals surface area contributed by atoms with E-state index in [0.717, 1.165) is 43.1 Å². The lowest BCUT2D eigenvalue weighted by Gasteiger charge is -2.31. The summed E-state index contributed by atoms with van der Waals surface area (Å²) in [6.45, 7) is 2.11. The van der Waals surface area contributed by atoms with Crippen molar-refractivity contribution >= 4 is 28.9 Å². The number of nitrogens with two attached hydrogens (primary N) is 1. The first-order chi connectivity index (χ1) is 14.7. The molecule has 1 atom stereocenters. The molecule has 1 unspecified atom stereocenters. The van der Waals surface area contributed by atoms with E-state index >= 15 is 0 Å². The number of hydrogen-bond acceptors (Lipinski definition) is 7. The van der Waals surface area contributed by atoms with E-state index in [1.54, 1.807) is 12.1 Å². The summed E-state index contributed by atoms with van der Waals surface area (Å²) in [6, 6.07) is 9.77. The molecular weight excluding hydrogens is 406 g/mol. The van der Waals surface area contributed by atoms with Gasteiger partial charge in [0.15, 0.2) is 0 Å². The molecule has 3 rings (SSSR count). The lowest BCUT2D eigenvalue weighted by molar-refractivity contribution is -0.394. The largest absolute Gasteiger partial charge is 0.369 e. The van der Waals surface area contributed by atoms with E-state index in [2.05, 4.69) is 10.2 Å². The van der Waals surface area contributed by atoms with Crippen molar-refractivity contribution in [3.8, 4) is 0 Å². The van der Waals surface area contributed by atoms with Crippen LogP contribution in [0.15, 0.2) is 42.5 Å². The minimum atomic E-state index is -0.790. The van der Waals surface area contributed by atoms with Gasteiger partial charge in [0, 0.05) is 30.9 Å². The van der Waals surface area contributed by atoms with Crippen LogP contribution in [0.5, 0.6) is 0 Å². The van der Waals surface area contributed by atoms with Gasteiger partial charge in [-0.3, -0.25) is 34.7 Å². The number of non-ortho nitro benzene ring substituents is 2. The molecule has 0 saturated carbocycles. The van der Waals surface area contributed by atoms with E-state index < -0.39 is 27.1 Å². The maximum Gasteiger partial charge on any atom is 0.277 e. The first-order valence-corrected chi connectivity index (χ1v) is 9.59. The smallest absolute Gasteiger partial charge is 0.277 e. The molecule has 11 heteroatoms. The van der Waals surface area contributed by atoms with Gasteiger partial charge in [0.25, 0.3) is 17.3 Å². The van der Waals surface area contributed by atoms with Crippen LogP contribution in [0.4, 0.5) is 17.1 Å². The van der Waals surface area contributed by atoms with Crippen LogP contribution in [0.1, 0.15) is 28.8 Å². The van der Waals surface area contributed by atoms with Gasteiger partial charge in [0.1, 0.15) is 0 Å². The van der Waals surface area contributed by atoms with E-state index in [-0.39, 0.29) is 17.4 Å². The van der Waals surface area contributed by atoms with E-state index in [4.69, 9.17) is 5.73 Å². The third-order valence-electron chi connectivity index (χ3n) is 5.11. The van der Waals surface area contributed by atoms with E-state index in [9.17, 15) is 29.8 Å². The van der Waals surface area contributed by atoms with Gasteiger partial charge >= 0.3 is 0 Å². The maximum absolute atomic E-state index is 12.5. The number of nitro benzene ring substituents is 2. The molecule has 0 aliphatic carbocycles.